The largest absolute Gasteiger partial charge is 0.267 e. The van der Waals surface area contributed by atoms with Gasteiger partial charge in [-0.05, 0) is 18.9 Å². The fraction of sp³-hybridized carbons (Fsp3) is 0.308. The second-order valence-corrected chi connectivity index (χ2v) is 7.76. The molecule has 24 heavy (non-hydrogen) atoms. The summed E-state index contributed by atoms with van der Waals surface area (Å²) in [7, 11) is -3.91. The topological polar surface area (TPSA) is 141 Å². The van der Waals surface area contributed by atoms with Crippen LogP contribution in [-0.4, -0.2) is 35.8 Å². The quantitative estimate of drug-likeness (QED) is 0.447. The Morgan fingerprint density at radius 1 is 1.38 bits per heavy atom. The number of hydrogen-bond acceptors (Lipinski definition) is 8. The normalized spacial score (nSPS) is 13.7. The molecular formula is C13H15N5O4S2. The first-order valence-electron chi connectivity index (χ1n) is 6.83. The van der Waals surface area contributed by atoms with E-state index in [1.165, 1.54) is 0 Å². The lowest BCUT2D eigenvalue weighted by molar-refractivity contribution is -0.483. The van der Waals surface area contributed by atoms with Crippen molar-refractivity contribution in [1.29, 1.82) is 0 Å². The molecule has 0 fully saturated rings. The summed E-state index contributed by atoms with van der Waals surface area (Å²) >= 11 is 0.748. The lowest BCUT2D eigenvalue weighted by Gasteiger charge is -2.12. The van der Waals surface area contributed by atoms with Crippen LogP contribution in [0.4, 0.5) is 5.13 Å². The van der Waals surface area contributed by atoms with Gasteiger partial charge in [-0.1, -0.05) is 41.7 Å². The van der Waals surface area contributed by atoms with Crippen LogP contribution in [0.2, 0.25) is 0 Å². The van der Waals surface area contributed by atoms with Crippen LogP contribution in [0.1, 0.15) is 24.8 Å². The van der Waals surface area contributed by atoms with Gasteiger partial charge in [0.1, 0.15) is 0 Å². The molecule has 128 valence electrons. The molecular weight excluding hydrogens is 354 g/mol. The van der Waals surface area contributed by atoms with Crippen LogP contribution in [0.3, 0.4) is 0 Å². The Bertz CT molecular complexity index is 848. The molecule has 0 bridgehead atoms. The molecule has 1 atom stereocenters. The Labute approximate surface area is 142 Å². The van der Waals surface area contributed by atoms with E-state index in [0.717, 1.165) is 16.9 Å². The Kier molecular flexibility index (Phi) is 5.70. The Hall–Kier alpha value is -2.24. The Morgan fingerprint density at radius 2 is 2.04 bits per heavy atom. The molecule has 1 aromatic heterocycles. The number of aliphatic imine (C=N–C) groups is 1. The summed E-state index contributed by atoms with van der Waals surface area (Å²) in [6, 6.07) is 9.12. The number of nitro groups is 1. The average molecular weight is 369 g/mol. The molecule has 9 nitrogen and oxygen atoms in total. The van der Waals surface area contributed by atoms with E-state index < -0.39 is 10.0 Å². The molecule has 0 radical (unpaired) electrons. The predicted molar refractivity (Wildman–Crippen MR) is 89.7 cm³/mol. The highest BCUT2D eigenvalue weighted by molar-refractivity contribution is 7.91. The number of nitrogens with zero attached hydrogens (tertiary/aromatic N) is 4. The van der Waals surface area contributed by atoms with Crippen LogP contribution in [0.15, 0.2) is 39.7 Å². The zero-order chi connectivity index (χ0) is 17.7. The van der Waals surface area contributed by atoms with Gasteiger partial charge < -0.3 is 0 Å². The van der Waals surface area contributed by atoms with E-state index in [-0.39, 0.29) is 26.9 Å². The standard InChI is InChI=1S/C13H15N5O4S2/c1-9(15-12-16-17-13(23-12)24(14,21)22)7-11(8-18(19)20)10-5-3-2-4-6-10/h2-6,11H,7-8H2,1H3,(H2,14,21,22)/t11-/m0/s1. The summed E-state index contributed by atoms with van der Waals surface area (Å²) in [5.74, 6) is -0.337. The molecule has 2 aromatic rings. The van der Waals surface area contributed by atoms with Gasteiger partial charge in [0.2, 0.25) is 16.0 Å². The van der Waals surface area contributed by atoms with Crippen molar-refractivity contribution in [2.24, 2.45) is 10.1 Å². The number of sulfonamides is 1. The highest BCUT2D eigenvalue weighted by Gasteiger charge is 2.20. The van der Waals surface area contributed by atoms with E-state index >= 15 is 0 Å². The van der Waals surface area contributed by atoms with E-state index in [1.54, 1.807) is 6.92 Å². The monoisotopic (exact) mass is 369 g/mol. The first-order valence-corrected chi connectivity index (χ1v) is 9.19. The summed E-state index contributed by atoms with van der Waals surface area (Å²) in [5, 5.41) is 23.1. The third kappa shape index (κ3) is 5.15. The van der Waals surface area contributed by atoms with Crippen molar-refractivity contribution in [1.82, 2.24) is 10.2 Å². The highest BCUT2D eigenvalue weighted by atomic mass is 32.2. The van der Waals surface area contributed by atoms with Crippen molar-refractivity contribution >= 4 is 32.2 Å². The molecule has 0 aliphatic carbocycles. The van der Waals surface area contributed by atoms with Crippen LogP contribution >= 0.6 is 11.3 Å². The first-order chi connectivity index (χ1) is 11.3. The van der Waals surface area contributed by atoms with E-state index in [4.69, 9.17) is 5.14 Å². The molecule has 0 aliphatic heterocycles. The number of benzene rings is 1. The number of hydrogen-bond donors (Lipinski definition) is 1. The highest BCUT2D eigenvalue weighted by Crippen LogP contribution is 2.25. The first kappa shape index (κ1) is 18.1. The maximum absolute atomic E-state index is 11.2. The molecule has 2 N–H and O–H groups in total. The molecule has 0 aliphatic rings. The summed E-state index contributed by atoms with van der Waals surface area (Å²) in [6.45, 7) is 1.48. The molecule has 0 saturated heterocycles. The molecule has 2 rings (SSSR count). The molecule has 11 heteroatoms. The predicted octanol–water partition coefficient (Wildman–Crippen LogP) is 1.73. The van der Waals surface area contributed by atoms with E-state index in [1.807, 2.05) is 30.3 Å². The lowest BCUT2D eigenvalue weighted by atomic mass is 9.94. The van der Waals surface area contributed by atoms with Crippen LogP contribution in [-0.2, 0) is 10.0 Å². The van der Waals surface area contributed by atoms with Gasteiger partial charge >= 0.3 is 0 Å². The second kappa shape index (κ2) is 7.55. The maximum Gasteiger partial charge on any atom is 0.267 e. The fourth-order valence-corrected chi connectivity index (χ4v) is 3.48. The number of rotatable bonds is 7. The van der Waals surface area contributed by atoms with Crippen molar-refractivity contribution < 1.29 is 13.3 Å². The minimum atomic E-state index is -3.91. The number of primary sulfonamides is 1. The van der Waals surface area contributed by atoms with E-state index in [2.05, 4.69) is 15.2 Å². The Balaban J connectivity index is 2.19. The smallest absolute Gasteiger partial charge is 0.265 e. The summed E-state index contributed by atoms with van der Waals surface area (Å²) in [6.07, 6.45) is 0.343. The van der Waals surface area contributed by atoms with Gasteiger partial charge in [-0.2, -0.15) is 0 Å². The molecule has 0 unspecified atom stereocenters. The van der Waals surface area contributed by atoms with Gasteiger partial charge in [0.05, 0.1) is 5.92 Å². The van der Waals surface area contributed by atoms with Gasteiger partial charge in [-0.15, -0.1) is 10.2 Å². The summed E-state index contributed by atoms with van der Waals surface area (Å²) in [5.41, 5.74) is 1.43. The van der Waals surface area contributed by atoms with Gasteiger partial charge in [-0.25, -0.2) is 18.5 Å². The van der Waals surface area contributed by atoms with Crippen molar-refractivity contribution in [3.63, 3.8) is 0 Å². The van der Waals surface area contributed by atoms with Gasteiger partial charge in [0, 0.05) is 10.6 Å². The van der Waals surface area contributed by atoms with Crippen LogP contribution in [0.25, 0.3) is 0 Å². The number of aromatic nitrogens is 2. The maximum atomic E-state index is 11.2. The molecule has 0 amide bonds. The Morgan fingerprint density at radius 3 is 2.58 bits per heavy atom. The SMILES string of the molecule is CC(C[C@@H](C[N+](=O)[O-])c1ccccc1)=Nc1nnc(S(N)(=O)=O)s1. The second-order valence-electron chi connectivity index (χ2n) is 5.07. The average Bonchev–Trinajstić information content (AvgIpc) is 2.95. The molecule has 0 spiro atoms. The summed E-state index contributed by atoms with van der Waals surface area (Å²) in [4.78, 5) is 14.7. The fourth-order valence-electron chi connectivity index (χ4n) is 2.12. The lowest BCUT2D eigenvalue weighted by Crippen LogP contribution is -2.15. The minimum Gasteiger partial charge on any atom is -0.265 e. The summed E-state index contributed by atoms with van der Waals surface area (Å²) < 4.78 is 22.0. The zero-order valence-corrected chi connectivity index (χ0v) is 14.3. The van der Waals surface area contributed by atoms with Crippen LogP contribution in [0, 0.1) is 10.1 Å². The molecule has 0 saturated carbocycles. The van der Waals surface area contributed by atoms with Crippen molar-refractivity contribution in [2.45, 2.75) is 23.6 Å². The van der Waals surface area contributed by atoms with Gasteiger partial charge in [0.25, 0.3) is 10.0 Å². The third-order valence-corrected chi connectivity index (χ3v) is 5.24. The van der Waals surface area contributed by atoms with Crippen LogP contribution < -0.4 is 5.14 Å². The molecule has 1 aromatic carbocycles. The van der Waals surface area contributed by atoms with Gasteiger partial charge in [-0.3, -0.25) is 10.1 Å². The van der Waals surface area contributed by atoms with Crippen molar-refractivity contribution in [3.8, 4) is 0 Å². The van der Waals surface area contributed by atoms with Crippen molar-refractivity contribution in [2.75, 3.05) is 6.54 Å². The van der Waals surface area contributed by atoms with E-state index in [0.29, 0.717) is 12.1 Å². The minimum absolute atomic E-state index is 0.143. The van der Waals surface area contributed by atoms with Crippen molar-refractivity contribution in [3.05, 3.63) is 46.0 Å². The number of nitrogens with two attached hydrogens (primary N) is 1. The van der Waals surface area contributed by atoms with Crippen LogP contribution in [0.5, 0.6) is 0 Å². The van der Waals surface area contributed by atoms with E-state index in [9.17, 15) is 18.5 Å². The van der Waals surface area contributed by atoms with Gasteiger partial charge in [0.15, 0.2) is 0 Å². The molecule has 1 heterocycles. The third-order valence-electron chi connectivity index (χ3n) is 3.11. The zero-order valence-electron chi connectivity index (χ0n) is 12.7.